The Hall–Kier alpha value is -1.90. The summed E-state index contributed by atoms with van der Waals surface area (Å²) in [5.41, 5.74) is 6.26. The van der Waals surface area contributed by atoms with Gasteiger partial charge in [-0.25, -0.2) is 0 Å². The van der Waals surface area contributed by atoms with Crippen LogP contribution in [-0.4, -0.2) is 12.2 Å². The lowest BCUT2D eigenvalue weighted by atomic mass is 10.1. The molecule has 2 rings (SSSR count). The molecule has 14 heavy (non-hydrogen) atoms. The number of fused-ring (bicyclic) bond motifs is 1. The molecule has 0 atom stereocenters. The molecule has 0 aliphatic heterocycles. The van der Waals surface area contributed by atoms with E-state index in [1.165, 1.54) is 0 Å². The third-order valence-corrected chi connectivity index (χ3v) is 2.17. The first-order chi connectivity index (χ1) is 6.70. The Morgan fingerprint density at radius 2 is 2.00 bits per heavy atom. The van der Waals surface area contributed by atoms with Gasteiger partial charge in [-0.05, 0) is 23.6 Å². The molecule has 0 saturated heterocycles. The fourth-order valence-electron chi connectivity index (χ4n) is 1.45. The molecule has 0 aromatic heterocycles. The molecule has 0 fully saturated rings. The highest BCUT2D eigenvalue weighted by molar-refractivity contribution is 5.91. The third kappa shape index (κ3) is 1.33. The largest absolute Gasteiger partial charge is 0.507 e. The summed E-state index contributed by atoms with van der Waals surface area (Å²) < 4.78 is 5.04. The van der Waals surface area contributed by atoms with Crippen LogP contribution >= 0.6 is 0 Å². The number of hydrogen-bond acceptors (Lipinski definition) is 3. The highest BCUT2D eigenvalue weighted by atomic mass is 16.5. The van der Waals surface area contributed by atoms with Gasteiger partial charge < -0.3 is 15.6 Å². The molecule has 0 saturated carbocycles. The number of nitrogen functional groups attached to an aromatic ring is 1. The third-order valence-electron chi connectivity index (χ3n) is 2.17. The van der Waals surface area contributed by atoms with Gasteiger partial charge in [-0.2, -0.15) is 0 Å². The van der Waals surface area contributed by atoms with E-state index < -0.39 is 0 Å². The maximum Gasteiger partial charge on any atom is 0.127 e. The molecule has 72 valence electrons. The minimum atomic E-state index is 0.187. The summed E-state index contributed by atoms with van der Waals surface area (Å²) in [5, 5.41) is 11.3. The monoisotopic (exact) mass is 189 g/mol. The molecule has 0 amide bonds. The van der Waals surface area contributed by atoms with Crippen molar-refractivity contribution in [3.63, 3.8) is 0 Å². The van der Waals surface area contributed by atoms with Crippen LogP contribution in [0.1, 0.15) is 0 Å². The summed E-state index contributed by atoms with van der Waals surface area (Å²) in [4.78, 5) is 0. The fourth-order valence-corrected chi connectivity index (χ4v) is 1.45. The van der Waals surface area contributed by atoms with Crippen molar-refractivity contribution in [3.05, 3.63) is 30.3 Å². The number of anilines is 1. The van der Waals surface area contributed by atoms with E-state index in [4.69, 9.17) is 10.5 Å². The Morgan fingerprint density at radius 1 is 1.21 bits per heavy atom. The number of phenols is 1. The molecule has 3 heteroatoms. The number of hydrogen-bond donors (Lipinski definition) is 2. The molecular weight excluding hydrogens is 178 g/mol. The van der Waals surface area contributed by atoms with Gasteiger partial charge >= 0.3 is 0 Å². The maximum atomic E-state index is 9.67. The first-order valence-electron chi connectivity index (χ1n) is 4.27. The smallest absolute Gasteiger partial charge is 0.127 e. The van der Waals surface area contributed by atoms with Gasteiger partial charge in [-0.15, -0.1) is 0 Å². The van der Waals surface area contributed by atoms with Crippen LogP contribution in [0.25, 0.3) is 10.8 Å². The molecular formula is C11H11NO2. The van der Waals surface area contributed by atoms with Crippen LogP contribution < -0.4 is 10.5 Å². The van der Waals surface area contributed by atoms with Crippen molar-refractivity contribution in [1.82, 2.24) is 0 Å². The normalized spacial score (nSPS) is 10.4. The highest BCUT2D eigenvalue weighted by Gasteiger charge is 2.03. The average molecular weight is 189 g/mol. The molecule has 2 aromatic carbocycles. The van der Waals surface area contributed by atoms with E-state index in [0.29, 0.717) is 11.4 Å². The summed E-state index contributed by atoms with van der Waals surface area (Å²) >= 11 is 0. The minimum absolute atomic E-state index is 0.187. The zero-order valence-electron chi connectivity index (χ0n) is 7.82. The molecule has 0 radical (unpaired) electrons. The van der Waals surface area contributed by atoms with Crippen LogP contribution in [0.4, 0.5) is 5.69 Å². The van der Waals surface area contributed by atoms with Crippen LogP contribution in [-0.2, 0) is 0 Å². The van der Waals surface area contributed by atoms with Crippen LogP contribution in [0, 0.1) is 0 Å². The lowest BCUT2D eigenvalue weighted by molar-refractivity contribution is 0.409. The Morgan fingerprint density at radius 3 is 2.71 bits per heavy atom. The Bertz CT molecular complexity index is 480. The second-order valence-electron chi connectivity index (χ2n) is 3.13. The van der Waals surface area contributed by atoms with Gasteiger partial charge in [0.25, 0.3) is 0 Å². The summed E-state index contributed by atoms with van der Waals surface area (Å²) in [5.74, 6) is 0.825. The first kappa shape index (κ1) is 8.69. The van der Waals surface area contributed by atoms with Gasteiger partial charge in [0.1, 0.15) is 11.5 Å². The number of methoxy groups -OCH3 is 1. The van der Waals surface area contributed by atoms with Gasteiger partial charge in [0.15, 0.2) is 0 Å². The lowest BCUT2D eigenvalue weighted by Gasteiger charge is -2.05. The molecule has 0 aliphatic carbocycles. The second-order valence-corrected chi connectivity index (χ2v) is 3.13. The second kappa shape index (κ2) is 3.10. The quantitative estimate of drug-likeness (QED) is 0.676. The highest BCUT2D eigenvalue weighted by Crippen LogP contribution is 2.31. The van der Waals surface area contributed by atoms with Gasteiger partial charge in [0, 0.05) is 17.1 Å². The molecule has 0 heterocycles. The number of ether oxygens (including phenoxy) is 1. The fraction of sp³-hybridized carbons (Fsp3) is 0.0909. The molecule has 0 bridgehead atoms. The summed E-state index contributed by atoms with van der Waals surface area (Å²) in [6, 6.07) is 8.81. The van der Waals surface area contributed by atoms with Crippen molar-refractivity contribution in [3.8, 4) is 11.5 Å². The van der Waals surface area contributed by atoms with Crippen LogP contribution in [0.2, 0.25) is 0 Å². The lowest BCUT2D eigenvalue weighted by Crippen LogP contribution is -1.86. The first-order valence-corrected chi connectivity index (χ1v) is 4.27. The maximum absolute atomic E-state index is 9.67. The zero-order chi connectivity index (χ0) is 10.1. The predicted molar refractivity (Wildman–Crippen MR) is 56.6 cm³/mol. The van der Waals surface area contributed by atoms with E-state index in [-0.39, 0.29) is 5.75 Å². The van der Waals surface area contributed by atoms with Crippen molar-refractivity contribution in [2.45, 2.75) is 0 Å². The van der Waals surface area contributed by atoms with Crippen molar-refractivity contribution >= 4 is 16.5 Å². The topological polar surface area (TPSA) is 55.5 Å². The van der Waals surface area contributed by atoms with E-state index >= 15 is 0 Å². The standard InChI is InChI=1S/C11H11NO2/c1-14-9-4-7-2-3-8(12)5-10(7)11(13)6-9/h2-6,13H,12H2,1H3. The van der Waals surface area contributed by atoms with Gasteiger partial charge in [0.05, 0.1) is 7.11 Å². The number of aromatic hydroxyl groups is 1. The molecule has 0 aliphatic rings. The molecule has 0 spiro atoms. The van der Waals surface area contributed by atoms with Crippen LogP contribution in [0.5, 0.6) is 11.5 Å². The minimum Gasteiger partial charge on any atom is -0.507 e. The SMILES string of the molecule is COc1cc(O)c2cc(N)ccc2c1. The van der Waals surface area contributed by atoms with Crippen molar-refractivity contribution in [2.24, 2.45) is 0 Å². The van der Waals surface area contributed by atoms with Gasteiger partial charge in [-0.3, -0.25) is 0 Å². The molecule has 3 N–H and O–H groups in total. The number of rotatable bonds is 1. The van der Waals surface area contributed by atoms with Crippen molar-refractivity contribution in [2.75, 3.05) is 12.8 Å². The molecule has 0 unspecified atom stereocenters. The van der Waals surface area contributed by atoms with Crippen LogP contribution in [0.3, 0.4) is 0 Å². The summed E-state index contributed by atoms with van der Waals surface area (Å²) in [6.07, 6.45) is 0. The number of benzene rings is 2. The van der Waals surface area contributed by atoms with Crippen molar-refractivity contribution < 1.29 is 9.84 Å². The number of phenolic OH excluding ortho intramolecular Hbond substituents is 1. The Labute approximate surface area is 81.7 Å². The van der Waals surface area contributed by atoms with E-state index in [1.54, 1.807) is 25.3 Å². The zero-order valence-corrected chi connectivity index (χ0v) is 7.82. The Kier molecular flexibility index (Phi) is 1.93. The summed E-state index contributed by atoms with van der Waals surface area (Å²) in [7, 11) is 1.57. The van der Waals surface area contributed by atoms with Gasteiger partial charge in [-0.1, -0.05) is 6.07 Å². The van der Waals surface area contributed by atoms with E-state index in [0.717, 1.165) is 10.8 Å². The Balaban J connectivity index is 2.76. The summed E-state index contributed by atoms with van der Waals surface area (Å²) in [6.45, 7) is 0. The molecule has 3 nitrogen and oxygen atoms in total. The van der Waals surface area contributed by atoms with E-state index in [9.17, 15) is 5.11 Å². The molecule has 2 aromatic rings. The van der Waals surface area contributed by atoms with Crippen LogP contribution in [0.15, 0.2) is 30.3 Å². The van der Waals surface area contributed by atoms with E-state index in [2.05, 4.69) is 0 Å². The van der Waals surface area contributed by atoms with Gasteiger partial charge in [0.2, 0.25) is 0 Å². The predicted octanol–water partition coefficient (Wildman–Crippen LogP) is 2.14. The van der Waals surface area contributed by atoms with E-state index in [1.807, 2.05) is 12.1 Å². The average Bonchev–Trinajstić information content (AvgIpc) is 2.19. The number of nitrogens with two attached hydrogens (primary N) is 1. The van der Waals surface area contributed by atoms with Crippen molar-refractivity contribution in [1.29, 1.82) is 0 Å².